The molecule has 0 aliphatic carbocycles. The number of carbonyl (C=O) groups excluding carboxylic acids is 1. The van der Waals surface area contributed by atoms with Crippen LogP contribution in [-0.2, 0) is 21.2 Å². The van der Waals surface area contributed by atoms with Crippen molar-refractivity contribution in [2.45, 2.75) is 25.2 Å². The van der Waals surface area contributed by atoms with E-state index in [1.165, 1.54) is 12.1 Å². The van der Waals surface area contributed by atoms with Crippen LogP contribution >= 0.6 is 11.3 Å². The van der Waals surface area contributed by atoms with Crippen LogP contribution in [0, 0.1) is 0 Å². The molecule has 2 N–H and O–H groups in total. The molecule has 1 heterocycles. The number of anilines is 3. The lowest BCUT2D eigenvalue weighted by Gasteiger charge is -2.21. The van der Waals surface area contributed by atoms with Crippen LogP contribution in [-0.4, -0.2) is 32.4 Å². The van der Waals surface area contributed by atoms with Gasteiger partial charge in [0.25, 0.3) is 10.0 Å². The zero-order chi connectivity index (χ0) is 21.6. The standard InChI is InChI=1S/C21H24N4O3S2/c1-3-25(4-2)18-12-10-16(11-13-18)22-20(26)14-17-15-29-21(23-17)24-30(27,28)19-8-6-5-7-9-19/h5-13,15H,3-4,14H2,1-2H3,(H,22,26)(H,23,24). The van der Waals surface area contributed by atoms with Crippen molar-refractivity contribution in [1.29, 1.82) is 0 Å². The zero-order valence-corrected chi connectivity index (χ0v) is 18.5. The van der Waals surface area contributed by atoms with Gasteiger partial charge in [0, 0.05) is 29.8 Å². The van der Waals surface area contributed by atoms with Crippen LogP contribution in [0.5, 0.6) is 0 Å². The first-order valence-corrected chi connectivity index (χ1v) is 11.9. The highest BCUT2D eigenvalue weighted by Crippen LogP contribution is 2.21. The second-order valence-corrected chi connectivity index (χ2v) is 9.05. The van der Waals surface area contributed by atoms with E-state index in [2.05, 4.69) is 33.8 Å². The van der Waals surface area contributed by atoms with Gasteiger partial charge in [0.15, 0.2) is 5.13 Å². The minimum Gasteiger partial charge on any atom is -0.372 e. The van der Waals surface area contributed by atoms with Gasteiger partial charge in [-0.05, 0) is 50.2 Å². The van der Waals surface area contributed by atoms with Gasteiger partial charge in [0.1, 0.15) is 0 Å². The van der Waals surface area contributed by atoms with Crippen molar-refractivity contribution >= 4 is 43.8 Å². The maximum atomic E-state index is 12.4. The molecule has 0 saturated carbocycles. The van der Waals surface area contributed by atoms with Gasteiger partial charge < -0.3 is 10.2 Å². The van der Waals surface area contributed by atoms with E-state index in [0.717, 1.165) is 30.1 Å². The fourth-order valence-corrected chi connectivity index (χ4v) is 4.91. The first-order valence-electron chi connectivity index (χ1n) is 9.58. The molecule has 0 aliphatic heterocycles. The maximum absolute atomic E-state index is 12.4. The van der Waals surface area contributed by atoms with Crippen molar-refractivity contribution in [3.63, 3.8) is 0 Å². The van der Waals surface area contributed by atoms with E-state index in [4.69, 9.17) is 0 Å². The number of thiazole rings is 1. The summed E-state index contributed by atoms with van der Waals surface area (Å²) in [6.45, 7) is 6.04. The first kappa shape index (κ1) is 21.8. The molecule has 1 aromatic heterocycles. The van der Waals surface area contributed by atoms with Gasteiger partial charge in [-0.15, -0.1) is 11.3 Å². The summed E-state index contributed by atoms with van der Waals surface area (Å²) in [6.07, 6.45) is 0.0569. The quantitative estimate of drug-likeness (QED) is 0.521. The lowest BCUT2D eigenvalue weighted by Crippen LogP contribution is -2.21. The smallest absolute Gasteiger partial charge is 0.263 e. The molecule has 0 spiro atoms. The van der Waals surface area contributed by atoms with Crippen molar-refractivity contribution < 1.29 is 13.2 Å². The number of nitrogens with zero attached hydrogens (tertiary/aromatic N) is 2. The summed E-state index contributed by atoms with van der Waals surface area (Å²) in [4.78, 5) is 18.9. The molecular weight excluding hydrogens is 420 g/mol. The SMILES string of the molecule is CCN(CC)c1ccc(NC(=O)Cc2csc(NS(=O)(=O)c3ccccc3)n2)cc1. The fourth-order valence-electron chi connectivity index (χ4n) is 2.92. The fraction of sp³-hybridized carbons (Fsp3) is 0.238. The predicted octanol–water partition coefficient (Wildman–Crippen LogP) is 3.97. The van der Waals surface area contributed by atoms with Crippen LogP contribution in [0.25, 0.3) is 0 Å². The monoisotopic (exact) mass is 444 g/mol. The van der Waals surface area contributed by atoms with Crippen LogP contribution in [0.15, 0.2) is 64.9 Å². The average molecular weight is 445 g/mol. The van der Waals surface area contributed by atoms with Gasteiger partial charge in [-0.3, -0.25) is 9.52 Å². The van der Waals surface area contributed by atoms with Gasteiger partial charge in [-0.2, -0.15) is 0 Å². The molecule has 30 heavy (non-hydrogen) atoms. The third kappa shape index (κ3) is 5.58. The summed E-state index contributed by atoms with van der Waals surface area (Å²) in [5.41, 5.74) is 2.31. The molecule has 158 valence electrons. The summed E-state index contributed by atoms with van der Waals surface area (Å²) in [5, 5.41) is 4.74. The van der Waals surface area contributed by atoms with E-state index in [0.29, 0.717) is 11.4 Å². The van der Waals surface area contributed by atoms with Crippen molar-refractivity contribution in [1.82, 2.24) is 4.98 Å². The van der Waals surface area contributed by atoms with Crippen molar-refractivity contribution in [3.05, 3.63) is 65.7 Å². The Hall–Kier alpha value is -2.91. The maximum Gasteiger partial charge on any atom is 0.263 e. The first-order chi connectivity index (χ1) is 14.4. The summed E-state index contributed by atoms with van der Waals surface area (Å²) in [5.74, 6) is -0.214. The highest BCUT2D eigenvalue weighted by atomic mass is 32.2. The highest BCUT2D eigenvalue weighted by Gasteiger charge is 2.16. The van der Waals surface area contributed by atoms with Crippen LogP contribution in [0.2, 0.25) is 0 Å². The molecular formula is C21H24N4O3S2. The summed E-state index contributed by atoms with van der Waals surface area (Å²) in [7, 11) is -3.70. The number of sulfonamides is 1. The minimum absolute atomic E-state index is 0.0569. The predicted molar refractivity (Wildman–Crippen MR) is 122 cm³/mol. The summed E-state index contributed by atoms with van der Waals surface area (Å²) >= 11 is 1.14. The van der Waals surface area contributed by atoms with E-state index in [1.54, 1.807) is 23.6 Å². The van der Waals surface area contributed by atoms with Crippen LogP contribution in [0.4, 0.5) is 16.5 Å². The third-order valence-electron chi connectivity index (χ3n) is 4.45. The summed E-state index contributed by atoms with van der Waals surface area (Å²) in [6, 6.07) is 15.8. The second kappa shape index (κ2) is 9.73. The molecule has 0 atom stereocenters. The highest BCUT2D eigenvalue weighted by molar-refractivity contribution is 7.93. The van der Waals surface area contributed by atoms with E-state index in [9.17, 15) is 13.2 Å². The van der Waals surface area contributed by atoms with Crippen molar-refractivity contribution in [2.75, 3.05) is 28.0 Å². The minimum atomic E-state index is -3.70. The molecule has 7 nitrogen and oxygen atoms in total. The molecule has 0 radical (unpaired) electrons. The molecule has 2 aromatic carbocycles. The molecule has 0 fully saturated rings. The molecule has 3 aromatic rings. The molecule has 0 bridgehead atoms. The molecule has 0 aliphatic rings. The molecule has 3 rings (SSSR count). The number of hydrogen-bond acceptors (Lipinski definition) is 6. The topological polar surface area (TPSA) is 91.4 Å². The largest absolute Gasteiger partial charge is 0.372 e. The number of benzene rings is 2. The van der Waals surface area contributed by atoms with Gasteiger partial charge >= 0.3 is 0 Å². The Balaban J connectivity index is 1.58. The zero-order valence-electron chi connectivity index (χ0n) is 16.8. The van der Waals surface area contributed by atoms with E-state index in [-0.39, 0.29) is 22.4 Å². The Morgan fingerprint density at radius 1 is 1.03 bits per heavy atom. The van der Waals surface area contributed by atoms with E-state index >= 15 is 0 Å². The molecule has 0 unspecified atom stereocenters. The number of nitrogens with one attached hydrogen (secondary N) is 2. The third-order valence-corrected chi connectivity index (χ3v) is 6.74. The van der Waals surface area contributed by atoms with Crippen molar-refractivity contribution in [3.8, 4) is 0 Å². The Kier molecular flexibility index (Phi) is 7.07. The van der Waals surface area contributed by atoms with Crippen LogP contribution < -0.4 is 14.9 Å². The number of rotatable bonds is 9. The normalized spacial score (nSPS) is 11.1. The van der Waals surface area contributed by atoms with Gasteiger partial charge in [-0.25, -0.2) is 13.4 Å². The Bertz CT molecular complexity index is 1080. The van der Waals surface area contributed by atoms with Crippen molar-refractivity contribution in [2.24, 2.45) is 0 Å². The molecule has 9 heteroatoms. The molecule has 0 saturated heterocycles. The summed E-state index contributed by atoms with van der Waals surface area (Å²) < 4.78 is 27.2. The Morgan fingerprint density at radius 3 is 2.33 bits per heavy atom. The van der Waals surface area contributed by atoms with Gasteiger partial charge in [0.05, 0.1) is 17.0 Å². The van der Waals surface area contributed by atoms with E-state index < -0.39 is 10.0 Å². The van der Waals surface area contributed by atoms with Crippen LogP contribution in [0.1, 0.15) is 19.5 Å². The number of aromatic nitrogens is 1. The number of amides is 1. The Labute approximate surface area is 180 Å². The van der Waals surface area contributed by atoms with E-state index in [1.807, 2.05) is 24.3 Å². The average Bonchev–Trinajstić information content (AvgIpc) is 3.16. The van der Waals surface area contributed by atoms with Crippen LogP contribution in [0.3, 0.4) is 0 Å². The number of carbonyl (C=O) groups is 1. The van der Waals surface area contributed by atoms with Gasteiger partial charge in [0.2, 0.25) is 5.91 Å². The second-order valence-electron chi connectivity index (χ2n) is 6.51. The molecule has 1 amide bonds. The lowest BCUT2D eigenvalue weighted by atomic mass is 10.2. The Morgan fingerprint density at radius 2 is 1.70 bits per heavy atom. The number of hydrogen-bond donors (Lipinski definition) is 2. The van der Waals surface area contributed by atoms with Gasteiger partial charge in [-0.1, -0.05) is 18.2 Å². The lowest BCUT2D eigenvalue weighted by molar-refractivity contribution is -0.115.